The van der Waals surface area contributed by atoms with Crippen LogP contribution in [0.4, 0.5) is 0 Å². The second kappa shape index (κ2) is 6.60. The molecule has 0 spiro atoms. The smallest absolute Gasteiger partial charge is 0.148 e. The van der Waals surface area contributed by atoms with E-state index >= 15 is 0 Å². The quantitative estimate of drug-likeness (QED) is 0.662. The highest BCUT2D eigenvalue weighted by atomic mass is 16.5. The van der Waals surface area contributed by atoms with Crippen LogP contribution in [0.25, 0.3) is 22.9 Å². The van der Waals surface area contributed by atoms with E-state index in [2.05, 4.69) is 23.0 Å². The number of fused-ring (bicyclic) bond motifs is 1. The predicted octanol–water partition coefficient (Wildman–Crippen LogP) is 4.42. The number of terminal acetylenes is 1. The molecule has 0 radical (unpaired) electrons. The summed E-state index contributed by atoms with van der Waals surface area (Å²) in [5, 5.41) is 2.20. The van der Waals surface area contributed by atoms with E-state index in [4.69, 9.17) is 11.2 Å². The van der Waals surface area contributed by atoms with E-state index < -0.39 is 0 Å². The zero-order valence-corrected chi connectivity index (χ0v) is 12.1. The number of benzene rings is 2. The molecule has 0 bridgehead atoms. The van der Waals surface area contributed by atoms with Gasteiger partial charge in [0.1, 0.15) is 12.4 Å². The Morgan fingerprint density at radius 1 is 1.00 bits per heavy atom. The molecule has 106 valence electrons. The van der Waals surface area contributed by atoms with E-state index in [-0.39, 0.29) is 6.61 Å². The number of hydrogen-bond donors (Lipinski definition) is 0. The van der Waals surface area contributed by atoms with Gasteiger partial charge < -0.3 is 4.74 Å². The first kappa shape index (κ1) is 13.9. The number of ether oxygens (including phenoxy) is 1. The van der Waals surface area contributed by atoms with Crippen molar-refractivity contribution in [3.05, 3.63) is 72.1 Å². The molecule has 0 atom stereocenters. The second-order valence-electron chi connectivity index (χ2n) is 4.81. The third-order valence-electron chi connectivity index (χ3n) is 3.37. The molecule has 0 saturated carbocycles. The van der Waals surface area contributed by atoms with Crippen molar-refractivity contribution in [2.45, 2.75) is 0 Å². The third-order valence-corrected chi connectivity index (χ3v) is 3.37. The van der Waals surface area contributed by atoms with Crippen LogP contribution >= 0.6 is 0 Å². The summed E-state index contributed by atoms with van der Waals surface area (Å²) in [7, 11) is 0. The summed E-state index contributed by atoms with van der Waals surface area (Å²) in [6, 6.07) is 16.2. The number of pyridine rings is 1. The van der Waals surface area contributed by atoms with E-state index in [1.807, 2.05) is 48.6 Å². The molecule has 0 N–H and O–H groups in total. The van der Waals surface area contributed by atoms with Crippen molar-refractivity contribution >= 4 is 22.9 Å². The van der Waals surface area contributed by atoms with Crippen LogP contribution in [0.1, 0.15) is 11.1 Å². The number of aromatic nitrogens is 1. The first-order valence-corrected chi connectivity index (χ1v) is 7.04. The van der Waals surface area contributed by atoms with Gasteiger partial charge in [-0.1, -0.05) is 54.5 Å². The fraction of sp³-hybridized carbons (Fsp3) is 0.0500. The van der Waals surface area contributed by atoms with Gasteiger partial charge in [0, 0.05) is 23.3 Å². The zero-order chi connectivity index (χ0) is 15.2. The Kier molecular flexibility index (Phi) is 4.17. The lowest BCUT2D eigenvalue weighted by molar-refractivity contribution is 0.374. The van der Waals surface area contributed by atoms with Crippen LogP contribution in [0, 0.1) is 12.3 Å². The van der Waals surface area contributed by atoms with Gasteiger partial charge in [-0.2, -0.15) is 0 Å². The van der Waals surface area contributed by atoms with Gasteiger partial charge in [-0.3, -0.25) is 4.98 Å². The predicted molar refractivity (Wildman–Crippen MR) is 91.4 cm³/mol. The molecule has 0 amide bonds. The second-order valence-corrected chi connectivity index (χ2v) is 4.81. The van der Waals surface area contributed by atoms with E-state index in [0.29, 0.717) is 0 Å². The molecule has 0 aliphatic carbocycles. The lowest BCUT2D eigenvalue weighted by Crippen LogP contribution is -1.96. The lowest BCUT2D eigenvalue weighted by atomic mass is 10.0. The molecule has 3 rings (SSSR count). The highest BCUT2D eigenvalue weighted by Crippen LogP contribution is 2.31. The normalized spacial score (nSPS) is 10.7. The van der Waals surface area contributed by atoms with Crippen molar-refractivity contribution in [2.24, 2.45) is 0 Å². The zero-order valence-electron chi connectivity index (χ0n) is 12.1. The summed E-state index contributed by atoms with van der Waals surface area (Å²) in [5.41, 5.74) is 2.09. The Morgan fingerprint density at radius 3 is 2.64 bits per heavy atom. The minimum absolute atomic E-state index is 0.254. The van der Waals surface area contributed by atoms with Gasteiger partial charge in [-0.25, -0.2) is 0 Å². The highest BCUT2D eigenvalue weighted by Gasteiger charge is 2.06. The van der Waals surface area contributed by atoms with Gasteiger partial charge in [0.2, 0.25) is 0 Å². The van der Waals surface area contributed by atoms with E-state index in [1.54, 1.807) is 12.4 Å². The van der Waals surface area contributed by atoms with E-state index in [9.17, 15) is 0 Å². The van der Waals surface area contributed by atoms with Crippen LogP contribution in [0.2, 0.25) is 0 Å². The van der Waals surface area contributed by atoms with Crippen LogP contribution in [0.15, 0.2) is 60.9 Å². The van der Waals surface area contributed by atoms with Gasteiger partial charge in [-0.15, -0.1) is 6.42 Å². The third kappa shape index (κ3) is 2.99. The summed E-state index contributed by atoms with van der Waals surface area (Å²) in [6.07, 6.45) is 13.0. The maximum atomic E-state index is 5.79. The monoisotopic (exact) mass is 285 g/mol. The Morgan fingerprint density at radius 2 is 1.82 bits per heavy atom. The Hall–Kier alpha value is -3.05. The van der Waals surface area contributed by atoms with Crippen LogP contribution < -0.4 is 4.74 Å². The van der Waals surface area contributed by atoms with Crippen molar-refractivity contribution in [1.29, 1.82) is 0 Å². The van der Waals surface area contributed by atoms with Crippen molar-refractivity contribution in [2.75, 3.05) is 6.61 Å². The fourth-order valence-corrected chi connectivity index (χ4v) is 2.33. The van der Waals surface area contributed by atoms with Crippen molar-refractivity contribution < 1.29 is 4.74 Å². The molecule has 2 nitrogen and oxygen atoms in total. The number of rotatable bonds is 4. The molecule has 0 fully saturated rings. The topological polar surface area (TPSA) is 22.1 Å². The number of nitrogens with zero attached hydrogens (tertiary/aromatic N) is 1. The summed E-state index contributed by atoms with van der Waals surface area (Å²) in [6.45, 7) is 0.254. The maximum absolute atomic E-state index is 5.79. The summed E-state index contributed by atoms with van der Waals surface area (Å²) in [5.74, 6) is 3.35. The fourth-order valence-electron chi connectivity index (χ4n) is 2.33. The lowest BCUT2D eigenvalue weighted by Gasteiger charge is -2.10. The average molecular weight is 285 g/mol. The Bertz CT molecular complexity index is 844. The minimum Gasteiger partial charge on any atom is -0.480 e. The maximum Gasteiger partial charge on any atom is 0.148 e. The van der Waals surface area contributed by atoms with Crippen molar-refractivity contribution in [1.82, 2.24) is 4.98 Å². The number of hydrogen-bond acceptors (Lipinski definition) is 2. The van der Waals surface area contributed by atoms with Crippen molar-refractivity contribution in [3.63, 3.8) is 0 Å². The molecule has 0 saturated heterocycles. The first-order valence-electron chi connectivity index (χ1n) is 7.04. The minimum atomic E-state index is 0.254. The molecule has 0 aliphatic heterocycles. The first-order chi connectivity index (χ1) is 10.9. The molecule has 3 aromatic rings. The summed E-state index contributed by atoms with van der Waals surface area (Å²) >= 11 is 0. The van der Waals surface area contributed by atoms with Gasteiger partial charge in [-0.05, 0) is 23.1 Å². The largest absolute Gasteiger partial charge is 0.480 e. The highest BCUT2D eigenvalue weighted by molar-refractivity contribution is 5.93. The molecule has 0 aliphatic rings. The molecule has 0 unspecified atom stereocenters. The van der Waals surface area contributed by atoms with Gasteiger partial charge in [0.15, 0.2) is 0 Å². The van der Waals surface area contributed by atoms with Crippen LogP contribution in [0.5, 0.6) is 5.75 Å². The van der Waals surface area contributed by atoms with Gasteiger partial charge >= 0.3 is 0 Å². The van der Waals surface area contributed by atoms with E-state index in [1.165, 1.54) is 0 Å². The Labute approximate surface area is 130 Å². The molecule has 1 aromatic heterocycles. The Balaban J connectivity index is 2.04. The van der Waals surface area contributed by atoms with Gasteiger partial charge in [0.25, 0.3) is 0 Å². The van der Waals surface area contributed by atoms with Crippen molar-refractivity contribution in [3.8, 4) is 18.1 Å². The standard InChI is InChI=1S/C20H15NO/c1-2-15-22-20-18(8-7-16-11-13-21-14-12-16)10-9-17-5-3-4-6-19(17)20/h1,3-14H,15H2/b8-7+. The molecule has 22 heavy (non-hydrogen) atoms. The molecule has 1 heterocycles. The average Bonchev–Trinajstić information content (AvgIpc) is 2.59. The van der Waals surface area contributed by atoms with Crippen LogP contribution in [0.3, 0.4) is 0 Å². The molecular weight excluding hydrogens is 270 g/mol. The summed E-state index contributed by atoms with van der Waals surface area (Å²) in [4.78, 5) is 4.02. The molecular formula is C20H15NO. The van der Waals surface area contributed by atoms with E-state index in [0.717, 1.165) is 27.6 Å². The van der Waals surface area contributed by atoms with Gasteiger partial charge in [0.05, 0.1) is 0 Å². The SMILES string of the molecule is C#CCOc1c(/C=C/c2ccncc2)ccc2ccccc12. The van der Waals surface area contributed by atoms with Crippen LogP contribution in [-0.4, -0.2) is 11.6 Å². The summed E-state index contributed by atoms with van der Waals surface area (Å²) < 4.78 is 5.79. The molecule has 2 heteroatoms. The molecule has 2 aromatic carbocycles. The van der Waals surface area contributed by atoms with Crippen LogP contribution in [-0.2, 0) is 0 Å².